The number of carbonyl (C=O) groups is 1. The van der Waals surface area contributed by atoms with Crippen LogP contribution in [0.4, 0.5) is 5.69 Å². The highest BCUT2D eigenvalue weighted by molar-refractivity contribution is 5.94. The molecule has 0 aliphatic rings. The van der Waals surface area contributed by atoms with Crippen LogP contribution in [0.15, 0.2) is 54.6 Å². The molecule has 0 heterocycles. The van der Waals surface area contributed by atoms with Crippen LogP contribution in [0.25, 0.3) is 0 Å². The van der Waals surface area contributed by atoms with Gasteiger partial charge < -0.3 is 11.1 Å². The maximum absolute atomic E-state index is 11.7. The molecule has 0 aliphatic heterocycles. The van der Waals surface area contributed by atoms with Gasteiger partial charge in [0.15, 0.2) is 0 Å². The summed E-state index contributed by atoms with van der Waals surface area (Å²) in [6.45, 7) is 0.508. The Hall–Kier alpha value is -2.29. The summed E-state index contributed by atoms with van der Waals surface area (Å²) in [4.78, 5) is 11.7. The van der Waals surface area contributed by atoms with Crippen molar-refractivity contribution in [1.82, 2.24) is 5.32 Å². The lowest BCUT2D eigenvalue weighted by Gasteiger charge is -2.05. The maximum atomic E-state index is 11.7. The van der Waals surface area contributed by atoms with Crippen LogP contribution in [-0.4, -0.2) is 5.91 Å². The van der Waals surface area contributed by atoms with Crippen molar-refractivity contribution in [3.05, 3.63) is 65.7 Å². The molecule has 2 aromatic rings. The van der Waals surface area contributed by atoms with Crippen LogP contribution in [0, 0.1) is 0 Å². The van der Waals surface area contributed by atoms with E-state index in [-0.39, 0.29) is 5.91 Å². The zero-order chi connectivity index (χ0) is 12.1. The zero-order valence-corrected chi connectivity index (χ0v) is 9.39. The summed E-state index contributed by atoms with van der Waals surface area (Å²) in [6, 6.07) is 16.6. The van der Waals surface area contributed by atoms with Crippen LogP contribution in [0.1, 0.15) is 15.9 Å². The van der Waals surface area contributed by atoms with E-state index in [1.807, 2.05) is 42.5 Å². The fourth-order valence-electron chi connectivity index (χ4n) is 1.51. The summed E-state index contributed by atoms with van der Waals surface area (Å²) in [7, 11) is 0. The Balaban J connectivity index is 1.95. The number of carbonyl (C=O) groups excluding carboxylic acids is 1. The number of nitrogen functional groups attached to an aromatic ring is 1. The third-order valence-corrected chi connectivity index (χ3v) is 2.47. The molecule has 3 nitrogen and oxygen atoms in total. The van der Waals surface area contributed by atoms with Crippen molar-refractivity contribution < 1.29 is 4.79 Å². The highest BCUT2D eigenvalue weighted by atomic mass is 16.1. The van der Waals surface area contributed by atoms with Crippen molar-refractivity contribution in [3.8, 4) is 0 Å². The van der Waals surface area contributed by atoms with Gasteiger partial charge in [0.05, 0.1) is 0 Å². The van der Waals surface area contributed by atoms with Gasteiger partial charge in [-0.05, 0) is 29.8 Å². The van der Waals surface area contributed by atoms with Crippen molar-refractivity contribution in [2.45, 2.75) is 6.54 Å². The van der Waals surface area contributed by atoms with Gasteiger partial charge in [-0.3, -0.25) is 4.79 Å². The van der Waals surface area contributed by atoms with Crippen LogP contribution in [0.5, 0.6) is 0 Å². The van der Waals surface area contributed by atoms with Gasteiger partial charge in [0.2, 0.25) is 0 Å². The molecule has 86 valence electrons. The van der Waals surface area contributed by atoms with Gasteiger partial charge in [-0.25, -0.2) is 0 Å². The van der Waals surface area contributed by atoms with E-state index in [4.69, 9.17) is 5.73 Å². The van der Waals surface area contributed by atoms with Crippen molar-refractivity contribution >= 4 is 11.6 Å². The number of rotatable bonds is 3. The molecule has 0 radical (unpaired) electrons. The predicted molar refractivity (Wildman–Crippen MR) is 68.5 cm³/mol. The first-order chi connectivity index (χ1) is 8.25. The normalized spacial score (nSPS) is 9.88. The summed E-state index contributed by atoms with van der Waals surface area (Å²) in [5, 5.41) is 2.85. The van der Waals surface area contributed by atoms with Crippen molar-refractivity contribution in [1.29, 1.82) is 0 Å². The third kappa shape index (κ3) is 3.08. The smallest absolute Gasteiger partial charge is 0.251 e. The van der Waals surface area contributed by atoms with E-state index in [1.54, 1.807) is 12.1 Å². The molecule has 2 rings (SSSR count). The zero-order valence-electron chi connectivity index (χ0n) is 9.39. The minimum absolute atomic E-state index is 0.0672. The van der Waals surface area contributed by atoms with Crippen LogP contribution < -0.4 is 11.1 Å². The van der Waals surface area contributed by atoms with Crippen molar-refractivity contribution in [3.63, 3.8) is 0 Å². The molecule has 0 saturated carbocycles. The highest BCUT2D eigenvalue weighted by Gasteiger charge is 2.03. The molecule has 0 fully saturated rings. The maximum Gasteiger partial charge on any atom is 0.251 e. The number of nitrogens with two attached hydrogens (primary N) is 1. The molecule has 0 saturated heterocycles. The molecular formula is C14H14N2O. The third-order valence-electron chi connectivity index (χ3n) is 2.47. The molecule has 0 aromatic heterocycles. The Morgan fingerprint density at radius 2 is 1.65 bits per heavy atom. The van der Waals surface area contributed by atoms with Gasteiger partial charge in [0, 0.05) is 17.8 Å². The molecule has 2 aromatic carbocycles. The lowest BCUT2D eigenvalue weighted by Crippen LogP contribution is -2.22. The van der Waals surface area contributed by atoms with Gasteiger partial charge in [-0.2, -0.15) is 0 Å². The molecule has 0 atom stereocenters. The van der Waals surface area contributed by atoms with E-state index < -0.39 is 0 Å². The molecule has 3 heteroatoms. The van der Waals surface area contributed by atoms with Crippen LogP contribution in [0.2, 0.25) is 0 Å². The second-order valence-corrected chi connectivity index (χ2v) is 3.79. The summed E-state index contributed by atoms with van der Waals surface area (Å²) >= 11 is 0. The first-order valence-electron chi connectivity index (χ1n) is 5.43. The Kier molecular flexibility index (Phi) is 3.40. The van der Waals surface area contributed by atoms with E-state index in [1.165, 1.54) is 0 Å². The number of hydrogen-bond donors (Lipinski definition) is 2. The lowest BCUT2D eigenvalue weighted by molar-refractivity contribution is 0.0951. The van der Waals surface area contributed by atoms with E-state index in [2.05, 4.69) is 5.32 Å². The summed E-state index contributed by atoms with van der Waals surface area (Å²) in [5.74, 6) is -0.0672. The second kappa shape index (κ2) is 5.16. The van der Waals surface area contributed by atoms with E-state index in [0.29, 0.717) is 12.1 Å². The number of nitrogens with one attached hydrogen (secondary N) is 1. The first kappa shape index (κ1) is 11.2. The minimum atomic E-state index is -0.0672. The largest absolute Gasteiger partial charge is 0.399 e. The van der Waals surface area contributed by atoms with Crippen LogP contribution in [-0.2, 0) is 6.54 Å². The fourth-order valence-corrected chi connectivity index (χ4v) is 1.51. The second-order valence-electron chi connectivity index (χ2n) is 3.79. The average molecular weight is 226 g/mol. The van der Waals surface area contributed by atoms with E-state index in [9.17, 15) is 4.79 Å². The lowest BCUT2D eigenvalue weighted by atomic mass is 10.2. The summed E-state index contributed by atoms with van der Waals surface area (Å²) < 4.78 is 0. The molecular weight excluding hydrogens is 212 g/mol. The Morgan fingerprint density at radius 1 is 1.00 bits per heavy atom. The SMILES string of the molecule is Nc1ccc(CNC(=O)c2ccccc2)cc1. The standard InChI is InChI=1S/C14H14N2O/c15-13-8-6-11(7-9-13)10-16-14(17)12-4-2-1-3-5-12/h1-9H,10,15H2,(H,16,17). The quantitative estimate of drug-likeness (QED) is 0.788. The van der Waals surface area contributed by atoms with Crippen molar-refractivity contribution in [2.24, 2.45) is 0 Å². The van der Waals surface area contributed by atoms with Gasteiger partial charge in [0.1, 0.15) is 0 Å². The van der Waals surface area contributed by atoms with Gasteiger partial charge in [-0.1, -0.05) is 30.3 Å². The molecule has 1 amide bonds. The van der Waals surface area contributed by atoms with E-state index in [0.717, 1.165) is 11.3 Å². The molecule has 0 bridgehead atoms. The van der Waals surface area contributed by atoms with Gasteiger partial charge in [-0.15, -0.1) is 0 Å². The molecule has 0 aliphatic carbocycles. The molecule has 0 spiro atoms. The average Bonchev–Trinajstić information content (AvgIpc) is 2.39. The Bertz CT molecular complexity index is 491. The summed E-state index contributed by atoms with van der Waals surface area (Å²) in [6.07, 6.45) is 0. The van der Waals surface area contributed by atoms with Gasteiger partial charge in [0.25, 0.3) is 5.91 Å². The topological polar surface area (TPSA) is 55.1 Å². The van der Waals surface area contributed by atoms with Crippen LogP contribution in [0.3, 0.4) is 0 Å². The summed E-state index contributed by atoms with van der Waals surface area (Å²) in [5.41, 5.74) is 8.01. The number of benzene rings is 2. The Morgan fingerprint density at radius 3 is 2.29 bits per heavy atom. The van der Waals surface area contributed by atoms with Gasteiger partial charge >= 0.3 is 0 Å². The molecule has 17 heavy (non-hydrogen) atoms. The Labute approximate surface area is 100 Å². The highest BCUT2D eigenvalue weighted by Crippen LogP contribution is 2.05. The number of anilines is 1. The monoisotopic (exact) mass is 226 g/mol. The number of amides is 1. The molecule has 0 unspecified atom stereocenters. The first-order valence-corrected chi connectivity index (χ1v) is 5.43. The fraction of sp³-hybridized carbons (Fsp3) is 0.0714. The molecule has 3 N–H and O–H groups in total. The van der Waals surface area contributed by atoms with Crippen LogP contribution >= 0.6 is 0 Å². The minimum Gasteiger partial charge on any atom is -0.399 e. The van der Waals surface area contributed by atoms with E-state index >= 15 is 0 Å². The predicted octanol–water partition coefficient (Wildman–Crippen LogP) is 2.20. The number of hydrogen-bond acceptors (Lipinski definition) is 2. The van der Waals surface area contributed by atoms with Crippen molar-refractivity contribution in [2.75, 3.05) is 5.73 Å².